The summed E-state index contributed by atoms with van der Waals surface area (Å²) >= 11 is 0. The molecule has 0 aromatic heterocycles. The summed E-state index contributed by atoms with van der Waals surface area (Å²) in [7, 11) is 0. The molecule has 0 aliphatic carbocycles. The van der Waals surface area contributed by atoms with Gasteiger partial charge in [-0.2, -0.15) is 0 Å². The predicted octanol–water partition coefficient (Wildman–Crippen LogP) is 19.4. The lowest BCUT2D eigenvalue weighted by atomic mass is 10.0. The lowest BCUT2D eigenvalue weighted by Gasteiger charge is -2.18. The van der Waals surface area contributed by atoms with Gasteiger partial charge in [0.25, 0.3) is 0 Å². The summed E-state index contributed by atoms with van der Waals surface area (Å²) < 4.78 is 16.8. The van der Waals surface area contributed by atoms with Gasteiger partial charge in [0.15, 0.2) is 6.10 Å². The highest BCUT2D eigenvalue weighted by Crippen LogP contribution is 2.17. The van der Waals surface area contributed by atoms with Crippen molar-refractivity contribution in [2.45, 2.75) is 309 Å². The maximum atomic E-state index is 12.8. The topological polar surface area (TPSA) is 78.9 Å². The molecule has 1 unspecified atom stereocenters. The molecule has 0 aliphatic heterocycles. The van der Waals surface area contributed by atoms with Gasteiger partial charge in [-0.3, -0.25) is 14.4 Å². The molecule has 0 heterocycles. The maximum Gasteiger partial charge on any atom is 0.306 e. The van der Waals surface area contributed by atoms with Gasteiger partial charge in [-0.05, 0) is 57.8 Å². The first kappa shape index (κ1) is 64.4. The Labute approximate surface area is 416 Å². The Morgan fingerprint density at radius 1 is 0.313 bits per heavy atom. The lowest BCUT2D eigenvalue weighted by molar-refractivity contribution is -0.167. The van der Waals surface area contributed by atoms with Crippen molar-refractivity contribution in [2.24, 2.45) is 0 Å². The van der Waals surface area contributed by atoms with Crippen LogP contribution in [-0.2, 0) is 28.6 Å². The minimum atomic E-state index is -0.768. The molecule has 6 heteroatoms. The van der Waals surface area contributed by atoms with Crippen LogP contribution in [0.1, 0.15) is 303 Å². The second kappa shape index (κ2) is 56.0. The van der Waals surface area contributed by atoms with E-state index in [0.29, 0.717) is 19.3 Å². The van der Waals surface area contributed by atoms with Crippen LogP contribution in [0, 0.1) is 0 Å². The Bertz CT molecular complexity index is 1170. The fourth-order valence-corrected chi connectivity index (χ4v) is 8.49. The summed E-state index contributed by atoms with van der Waals surface area (Å²) in [5.41, 5.74) is 0. The SMILES string of the molecule is CC/C=C\C/C=C\C/C=C\C/C=C\CCCCCCCCCCCCCCC(=O)OCC(COC(=O)CCCCCCCCCCC)OC(=O)CCCCCCCCCCCCCCCCC. The first-order valence-electron chi connectivity index (χ1n) is 29.1. The summed E-state index contributed by atoms with van der Waals surface area (Å²) in [4.78, 5) is 38.0. The van der Waals surface area contributed by atoms with Crippen molar-refractivity contribution in [3.05, 3.63) is 48.6 Å². The van der Waals surface area contributed by atoms with E-state index in [0.717, 1.165) is 83.5 Å². The predicted molar refractivity (Wildman–Crippen MR) is 289 cm³/mol. The van der Waals surface area contributed by atoms with E-state index in [9.17, 15) is 14.4 Å². The van der Waals surface area contributed by atoms with Crippen molar-refractivity contribution in [3.63, 3.8) is 0 Å². The Kier molecular flexibility index (Phi) is 53.8. The van der Waals surface area contributed by atoms with E-state index in [1.54, 1.807) is 0 Å². The Balaban J connectivity index is 4.18. The summed E-state index contributed by atoms with van der Waals surface area (Å²) in [6.07, 6.45) is 68.3. The maximum absolute atomic E-state index is 12.8. The van der Waals surface area contributed by atoms with Gasteiger partial charge in [-0.25, -0.2) is 0 Å². The minimum absolute atomic E-state index is 0.0686. The third-order valence-corrected chi connectivity index (χ3v) is 12.8. The fourth-order valence-electron chi connectivity index (χ4n) is 8.49. The second-order valence-corrected chi connectivity index (χ2v) is 19.5. The fraction of sp³-hybridized carbons (Fsp3) is 0.820. The van der Waals surface area contributed by atoms with Crippen molar-refractivity contribution in [1.82, 2.24) is 0 Å². The number of ether oxygens (including phenoxy) is 3. The number of allylic oxidation sites excluding steroid dienone is 8. The molecule has 6 nitrogen and oxygen atoms in total. The summed E-state index contributed by atoms with van der Waals surface area (Å²) in [6, 6.07) is 0. The van der Waals surface area contributed by atoms with Gasteiger partial charge in [0, 0.05) is 19.3 Å². The molecule has 390 valence electrons. The van der Waals surface area contributed by atoms with Crippen molar-refractivity contribution in [2.75, 3.05) is 13.2 Å². The monoisotopic (exact) mass is 939 g/mol. The summed E-state index contributed by atoms with van der Waals surface area (Å²) in [6.45, 7) is 6.54. The number of hydrogen-bond acceptors (Lipinski definition) is 6. The lowest BCUT2D eigenvalue weighted by Crippen LogP contribution is -2.30. The van der Waals surface area contributed by atoms with Crippen LogP contribution in [0.4, 0.5) is 0 Å². The number of hydrogen-bond donors (Lipinski definition) is 0. The molecule has 0 radical (unpaired) electrons. The smallest absolute Gasteiger partial charge is 0.306 e. The van der Waals surface area contributed by atoms with Crippen LogP contribution in [0.5, 0.6) is 0 Å². The van der Waals surface area contributed by atoms with Gasteiger partial charge in [0.2, 0.25) is 0 Å². The third kappa shape index (κ3) is 54.2. The highest BCUT2D eigenvalue weighted by molar-refractivity contribution is 5.71. The van der Waals surface area contributed by atoms with Crippen molar-refractivity contribution in [1.29, 1.82) is 0 Å². The van der Waals surface area contributed by atoms with Gasteiger partial charge in [0.1, 0.15) is 13.2 Å². The minimum Gasteiger partial charge on any atom is -0.462 e. The standard InChI is InChI=1S/C61H110O6/c1-4-7-10-13-16-19-21-23-25-26-27-28-29-30-31-32-33-34-36-37-39-42-45-48-51-54-60(63)66-57-58(56-65-59(62)53-50-47-44-41-18-15-12-9-6-3)67-61(64)55-52-49-46-43-40-38-35-24-22-20-17-14-11-8-5-2/h7,10,16,19,23,25,27-28,58H,4-6,8-9,11-15,17-18,20-22,24,26,29-57H2,1-3H3/b10-7-,19-16-,25-23-,28-27-. The van der Waals surface area contributed by atoms with Crippen LogP contribution in [0.3, 0.4) is 0 Å². The van der Waals surface area contributed by atoms with E-state index in [1.807, 2.05) is 0 Å². The molecule has 0 spiro atoms. The number of esters is 3. The Hall–Kier alpha value is -2.63. The van der Waals surface area contributed by atoms with E-state index in [2.05, 4.69) is 69.4 Å². The number of carbonyl (C=O) groups excluding carboxylic acids is 3. The molecule has 0 rings (SSSR count). The van der Waals surface area contributed by atoms with E-state index in [4.69, 9.17) is 14.2 Å². The van der Waals surface area contributed by atoms with Crippen LogP contribution in [-0.4, -0.2) is 37.2 Å². The first-order valence-corrected chi connectivity index (χ1v) is 29.1. The molecule has 0 N–H and O–H groups in total. The van der Waals surface area contributed by atoms with Crippen LogP contribution in [0.2, 0.25) is 0 Å². The van der Waals surface area contributed by atoms with E-state index in [1.165, 1.54) is 180 Å². The number of rotatable bonds is 53. The molecular formula is C61H110O6. The molecule has 0 aromatic carbocycles. The Morgan fingerprint density at radius 3 is 0.910 bits per heavy atom. The van der Waals surface area contributed by atoms with Crippen LogP contribution in [0.15, 0.2) is 48.6 Å². The normalized spacial score (nSPS) is 12.3. The molecular weight excluding hydrogens is 829 g/mol. The zero-order chi connectivity index (χ0) is 48.6. The molecule has 0 saturated carbocycles. The highest BCUT2D eigenvalue weighted by atomic mass is 16.6. The molecule has 0 fully saturated rings. The quantitative estimate of drug-likeness (QED) is 0.0262. The van der Waals surface area contributed by atoms with Gasteiger partial charge < -0.3 is 14.2 Å². The average Bonchev–Trinajstić information content (AvgIpc) is 3.33. The molecule has 0 aromatic rings. The average molecular weight is 940 g/mol. The van der Waals surface area contributed by atoms with E-state index >= 15 is 0 Å². The van der Waals surface area contributed by atoms with Crippen LogP contribution < -0.4 is 0 Å². The number of unbranched alkanes of at least 4 members (excludes halogenated alkanes) is 34. The third-order valence-electron chi connectivity index (χ3n) is 12.8. The Morgan fingerprint density at radius 2 is 0.582 bits per heavy atom. The van der Waals surface area contributed by atoms with E-state index < -0.39 is 6.10 Å². The van der Waals surface area contributed by atoms with Gasteiger partial charge >= 0.3 is 17.9 Å². The number of carbonyl (C=O) groups is 3. The van der Waals surface area contributed by atoms with Gasteiger partial charge in [-0.15, -0.1) is 0 Å². The molecule has 0 saturated heterocycles. The van der Waals surface area contributed by atoms with Gasteiger partial charge in [-0.1, -0.05) is 275 Å². The highest BCUT2D eigenvalue weighted by Gasteiger charge is 2.19. The molecule has 0 amide bonds. The zero-order valence-electron chi connectivity index (χ0n) is 44.7. The van der Waals surface area contributed by atoms with Gasteiger partial charge in [0.05, 0.1) is 0 Å². The zero-order valence-corrected chi connectivity index (χ0v) is 44.7. The summed E-state index contributed by atoms with van der Waals surface area (Å²) in [5, 5.41) is 0. The molecule has 1 atom stereocenters. The van der Waals surface area contributed by atoms with Crippen molar-refractivity contribution in [3.8, 4) is 0 Å². The van der Waals surface area contributed by atoms with Crippen LogP contribution >= 0.6 is 0 Å². The first-order chi connectivity index (χ1) is 33.0. The van der Waals surface area contributed by atoms with Crippen molar-refractivity contribution < 1.29 is 28.6 Å². The second-order valence-electron chi connectivity index (χ2n) is 19.5. The molecule has 0 bridgehead atoms. The van der Waals surface area contributed by atoms with E-state index in [-0.39, 0.29) is 31.1 Å². The summed E-state index contributed by atoms with van der Waals surface area (Å²) in [5.74, 6) is -0.857. The molecule has 67 heavy (non-hydrogen) atoms. The van der Waals surface area contributed by atoms with Crippen molar-refractivity contribution >= 4 is 17.9 Å². The van der Waals surface area contributed by atoms with Crippen LogP contribution in [0.25, 0.3) is 0 Å². The molecule has 0 aliphatic rings. The largest absolute Gasteiger partial charge is 0.462 e.